The first-order valence-electron chi connectivity index (χ1n) is 9.45. The number of pyridine rings is 1. The van der Waals surface area contributed by atoms with Crippen molar-refractivity contribution in [3.05, 3.63) is 37.1 Å². The van der Waals surface area contributed by atoms with Crippen LogP contribution in [0, 0.1) is 5.41 Å². The molecule has 2 fully saturated rings. The lowest BCUT2D eigenvalue weighted by Gasteiger charge is -2.49. The second kappa shape index (κ2) is 6.45. The van der Waals surface area contributed by atoms with Crippen LogP contribution in [0.4, 0.5) is 11.6 Å². The maximum absolute atomic E-state index is 10.5. The first-order chi connectivity index (χ1) is 13.2. The van der Waals surface area contributed by atoms with Gasteiger partial charge in [-0.1, -0.05) is 0 Å². The zero-order valence-corrected chi connectivity index (χ0v) is 15.1. The van der Waals surface area contributed by atoms with Crippen molar-refractivity contribution in [3.63, 3.8) is 0 Å². The summed E-state index contributed by atoms with van der Waals surface area (Å²) in [5, 5.41) is 18.8. The molecule has 0 bridgehead atoms. The van der Waals surface area contributed by atoms with Gasteiger partial charge in [0.05, 0.1) is 29.4 Å². The van der Waals surface area contributed by atoms with Crippen LogP contribution in [0.25, 0.3) is 10.9 Å². The van der Waals surface area contributed by atoms with Gasteiger partial charge in [-0.25, -0.2) is 9.97 Å². The molecule has 1 unspecified atom stereocenters. The number of fused-ring (bicyclic) bond motifs is 1. The first kappa shape index (κ1) is 16.4. The van der Waals surface area contributed by atoms with Crippen molar-refractivity contribution in [3.8, 4) is 0 Å². The molecule has 5 rings (SSSR count). The van der Waals surface area contributed by atoms with Gasteiger partial charge in [-0.05, 0) is 30.7 Å². The van der Waals surface area contributed by atoms with Gasteiger partial charge in [0.25, 0.3) is 0 Å². The first-order valence-corrected chi connectivity index (χ1v) is 9.45. The number of piperidine rings is 2. The normalized spacial score (nSPS) is 22.5. The lowest BCUT2D eigenvalue weighted by Crippen LogP contribution is -2.54. The highest BCUT2D eigenvalue weighted by Gasteiger charge is 2.42. The Morgan fingerprint density at radius 1 is 1.07 bits per heavy atom. The van der Waals surface area contributed by atoms with Crippen molar-refractivity contribution in [2.24, 2.45) is 5.41 Å². The fourth-order valence-corrected chi connectivity index (χ4v) is 4.64. The molecule has 0 aliphatic carbocycles. The number of aromatic nitrogens is 5. The number of hydrogen-bond acceptors (Lipinski definition) is 7. The summed E-state index contributed by atoms with van der Waals surface area (Å²) in [4.78, 5) is 17.7. The van der Waals surface area contributed by atoms with E-state index in [0.717, 1.165) is 61.4 Å². The van der Waals surface area contributed by atoms with Gasteiger partial charge in [0.1, 0.15) is 11.6 Å². The van der Waals surface area contributed by atoms with Gasteiger partial charge in [0.2, 0.25) is 0 Å². The number of aliphatic hydroxyl groups excluding tert-OH is 1. The predicted molar refractivity (Wildman–Crippen MR) is 103 cm³/mol. The Kier molecular flexibility index (Phi) is 3.93. The minimum Gasteiger partial charge on any atom is -0.391 e. The molecule has 2 saturated heterocycles. The monoisotopic (exact) mass is 365 g/mol. The molecule has 2 aliphatic rings. The summed E-state index contributed by atoms with van der Waals surface area (Å²) in [6.07, 6.45) is 11.4. The molecule has 8 heteroatoms. The maximum atomic E-state index is 10.5. The number of H-pyrrole nitrogens is 1. The van der Waals surface area contributed by atoms with E-state index in [2.05, 4.69) is 34.9 Å². The van der Waals surface area contributed by atoms with Crippen molar-refractivity contribution >= 4 is 22.5 Å². The molecular weight excluding hydrogens is 342 g/mol. The zero-order valence-electron chi connectivity index (χ0n) is 15.1. The standard InChI is InChI=1S/C19H23N7O/c27-14-9-19(13-26(12-14)17-11-20-5-6-21-17)2-7-25(8-3-19)18-15-10-23-24-16(15)1-4-22-18/h1,4-6,10-11,14,27H,2-3,7-9,12-13H2,(H,23,24). The van der Waals surface area contributed by atoms with Crippen LogP contribution in [-0.4, -0.2) is 62.5 Å². The third-order valence-corrected chi connectivity index (χ3v) is 5.97. The van der Waals surface area contributed by atoms with E-state index in [1.807, 2.05) is 18.5 Å². The fraction of sp³-hybridized carbons (Fsp3) is 0.474. The smallest absolute Gasteiger partial charge is 0.147 e. The predicted octanol–water partition coefficient (Wildman–Crippen LogP) is 1.61. The highest BCUT2D eigenvalue weighted by Crippen LogP contribution is 2.42. The number of hydrogen-bond donors (Lipinski definition) is 2. The third-order valence-electron chi connectivity index (χ3n) is 5.97. The number of aromatic amines is 1. The number of aliphatic hydroxyl groups is 1. The Morgan fingerprint density at radius 3 is 2.78 bits per heavy atom. The summed E-state index contributed by atoms with van der Waals surface area (Å²) in [5.41, 5.74) is 1.12. The number of β-amino-alcohol motifs (C(OH)–C–C–N with tert-alkyl or cyclic N) is 1. The van der Waals surface area contributed by atoms with Crippen LogP contribution in [0.1, 0.15) is 19.3 Å². The Bertz CT molecular complexity index is 920. The van der Waals surface area contributed by atoms with E-state index in [9.17, 15) is 5.11 Å². The molecule has 0 saturated carbocycles. The van der Waals surface area contributed by atoms with Gasteiger partial charge >= 0.3 is 0 Å². The van der Waals surface area contributed by atoms with Crippen LogP contribution in [0.15, 0.2) is 37.1 Å². The topological polar surface area (TPSA) is 94.1 Å². The summed E-state index contributed by atoms with van der Waals surface area (Å²) in [7, 11) is 0. The highest BCUT2D eigenvalue weighted by molar-refractivity contribution is 5.88. The molecule has 1 atom stereocenters. The quantitative estimate of drug-likeness (QED) is 0.712. The molecule has 27 heavy (non-hydrogen) atoms. The van der Waals surface area contributed by atoms with E-state index in [1.165, 1.54) is 0 Å². The van der Waals surface area contributed by atoms with Crippen molar-refractivity contribution in [2.75, 3.05) is 36.0 Å². The molecule has 3 aromatic heterocycles. The molecule has 0 radical (unpaired) electrons. The van der Waals surface area contributed by atoms with E-state index >= 15 is 0 Å². The summed E-state index contributed by atoms with van der Waals surface area (Å²) < 4.78 is 0. The van der Waals surface area contributed by atoms with Gasteiger partial charge in [-0.2, -0.15) is 5.10 Å². The van der Waals surface area contributed by atoms with E-state index < -0.39 is 0 Å². The molecule has 140 valence electrons. The number of nitrogens with zero attached hydrogens (tertiary/aromatic N) is 6. The van der Waals surface area contributed by atoms with Crippen molar-refractivity contribution in [1.82, 2.24) is 25.1 Å². The summed E-state index contributed by atoms with van der Waals surface area (Å²) >= 11 is 0. The van der Waals surface area contributed by atoms with Crippen LogP contribution in [0.2, 0.25) is 0 Å². The Morgan fingerprint density at radius 2 is 1.96 bits per heavy atom. The molecule has 0 aromatic carbocycles. The summed E-state index contributed by atoms with van der Waals surface area (Å²) in [5.74, 6) is 1.85. The van der Waals surface area contributed by atoms with E-state index in [1.54, 1.807) is 18.6 Å². The van der Waals surface area contributed by atoms with E-state index in [4.69, 9.17) is 0 Å². The summed E-state index contributed by atoms with van der Waals surface area (Å²) in [6, 6.07) is 1.95. The lowest BCUT2D eigenvalue weighted by atomic mass is 9.71. The minimum atomic E-state index is -0.331. The maximum Gasteiger partial charge on any atom is 0.147 e. The zero-order chi connectivity index (χ0) is 18.3. The number of anilines is 2. The second-order valence-corrected chi connectivity index (χ2v) is 7.75. The van der Waals surface area contributed by atoms with Gasteiger partial charge < -0.3 is 14.9 Å². The molecular formula is C19H23N7O. The Balaban J connectivity index is 1.35. The Labute approximate surface area is 157 Å². The average molecular weight is 365 g/mol. The number of nitrogens with one attached hydrogen (secondary N) is 1. The van der Waals surface area contributed by atoms with Crippen molar-refractivity contribution in [2.45, 2.75) is 25.4 Å². The minimum absolute atomic E-state index is 0.107. The van der Waals surface area contributed by atoms with Crippen LogP contribution in [0.3, 0.4) is 0 Å². The van der Waals surface area contributed by atoms with Gasteiger partial charge in [-0.3, -0.25) is 10.1 Å². The van der Waals surface area contributed by atoms with Crippen LogP contribution in [0.5, 0.6) is 0 Å². The Hall–Kier alpha value is -2.74. The fourth-order valence-electron chi connectivity index (χ4n) is 4.64. The SMILES string of the molecule is OC1CN(c2cnccn2)CC2(CCN(c3nccc4[nH]ncc34)CC2)C1. The van der Waals surface area contributed by atoms with Crippen LogP contribution < -0.4 is 9.80 Å². The van der Waals surface area contributed by atoms with Gasteiger partial charge in [0.15, 0.2) is 0 Å². The summed E-state index contributed by atoms with van der Waals surface area (Å²) in [6.45, 7) is 3.40. The van der Waals surface area contributed by atoms with Gasteiger partial charge in [0, 0.05) is 44.8 Å². The molecule has 0 amide bonds. The molecule has 3 aromatic rings. The highest BCUT2D eigenvalue weighted by atomic mass is 16.3. The largest absolute Gasteiger partial charge is 0.391 e. The number of rotatable bonds is 2. The second-order valence-electron chi connectivity index (χ2n) is 7.75. The van der Waals surface area contributed by atoms with Gasteiger partial charge in [-0.15, -0.1) is 0 Å². The van der Waals surface area contributed by atoms with Crippen LogP contribution >= 0.6 is 0 Å². The molecule has 2 aliphatic heterocycles. The molecule has 8 nitrogen and oxygen atoms in total. The molecule has 2 N–H and O–H groups in total. The molecule has 5 heterocycles. The van der Waals surface area contributed by atoms with Crippen molar-refractivity contribution in [1.29, 1.82) is 0 Å². The van der Waals surface area contributed by atoms with Crippen molar-refractivity contribution < 1.29 is 5.11 Å². The third kappa shape index (κ3) is 2.99. The van der Waals surface area contributed by atoms with E-state index in [0.29, 0.717) is 6.54 Å². The molecule has 1 spiro atoms. The van der Waals surface area contributed by atoms with E-state index in [-0.39, 0.29) is 11.5 Å². The van der Waals surface area contributed by atoms with Crippen LogP contribution in [-0.2, 0) is 0 Å². The average Bonchev–Trinajstić information content (AvgIpc) is 3.18. The lowest BCUT2D eigenvalue weighted by molar-refractivity contribution is 0.0595.